The molecule has 5 rings (SSSR count). The molecule has 28 heavy (non-hydrogen) atoms. The number of ether oxygens (including phenoxy) is 1. The number of aryl methyl sites for hydroxylation is 1. The van der Waals surface area contributed by atoms with Crippen molar-refractivity contribution < 1.29 is 4.74 Å². The minimum atomic E-state index is 0.0898. The van der Waals surface area contributed by atoms with Gasteiger partial charge >= 0.3 is 0 Å². The molecule has 0 unspecified atom stereocenters. The fourth-order valence-corrected chi connectivity index (χ4v) is 5.58. The molecule has 6 nitrogen and oxygen atoms in total. The summed E-state index contributed by atoms with van der Waals surface area (Å²) in [7, 11) is 0. The molecule has 2 fully saturated rings. The van der Waals surface area contributed by atoms with E-state index in [-0.39, 0.29) is 12.1 Å². The molecule has 4 heterocycles. The molecule has 1 aliphatic carbocycles. The molecular formula is C21H25N5OS. The molecule has 1 saturated carbocycles. The van der Waals surface area contributed by atoms with Crippen LogP contribution >= 0.6 is 11.3 Å². The number of imidazole rings is 1. The van der Waals surface area contributed by atoms with E-state index in [4.69, 9.17) is 4.74 Å². The molecule has 0 radical (unpaired) electrons. The smallest absolute Gasteiger partial charge is 0.232 e. The molecule has 0 spiro atoms. The molecule has 3 aromatic rings. The lowest BCUT2D eigenvalue weighted by Crippen LogP contribution is -2.40. The maximum atomic E-state index is 6.36. The van der Waals surface area contributed by atoms with Gasteiger partial charge < -0.3 is 9.30 Å². The van der Waals surface area contributed by atoms with E-state index >= 15 is 0 Å². The summed E-state index contributed by atoms with van der Waals surface area (Å²) >= 11 is 1.78. The Labute approximate surface area is 169 Å². The van der Waals surface area contributed by atoms with Crippen molar-refractivity contribution in [3.63, 3.8) is 0 Å². The summed E-state index contributed by atoms with van der Waals surface area (Å²) in [5, 5.41) is 4.43. The zero-order valence-corrected chi connectivity index (χ0v) is 16.8. The van der Waals surface area contributed by atoms with Crippen LogP contribution in [-0.2, 0) is 6.54 Å². The number of likely N-dealkylation sites (tertiary alicyclic amines) is 1. The first kappa shape index (κ1) is 17.8. The second kappa shape index (κ2) is 7.64. The highest BCUT2D eigenvalue weighted by Crippen LogP contribution is 2.43. The van der Waals surface area contributed by atoms with E-state index in [0.717, 1.165) is 31.8 Å². The zero-order chi connectivity index (χ0) is 18.9. The van der Waals surface area contributed by atoms with E-state index < -0.39 is 0 Å². The van der Waals surface area contributed by atoms with Gasteiger partial charge in [0.15, 0.2) is 0 Å². The fraction of sp³-hybridized carbons (Fsp3) is 0.476. The van der Waals surface area contributed by atoms with Crippen LogP contribution in [0.1, 0.15) is 30.3 Å². The first-order valence-electron chi connectivity index (χ1n) is 9.92. The fourth-order valence-electron chi connectivity index (χ4n) is 4.92. The van der Waals surface area contributed by atoms with Crippen molar-refractivity contribution in [3.05, 3.63) is 59.2 Å². The Morgan fingerprint density at radius 3 is 2.75 bits per heavy atom. The largest absolute Gasteiger partial charge is 0.471 e. The Morgan fingerprint density at radius 2 is 2.04 bits per heavy atom. The van der Waals surface area contributed by atoms with Crippen molar-refractivity contribution in [2.45, 2.75) is 38.5 Å². The van der Waals surface area contributed by atoms with Crippen LogP contribution in [0, 0.1) is 18.8 Å². The third-order valence-electron chi connectivity index (χ3n) is 6.18. The van der Waals surface area contributed by atoms with Gasteiger partial charge in [0.1, 0.15) is 11.9 Å². The van der Waals surface area contributed by atoms with E-state index in [1.807, 2.05) is 6.20 Å². The van der Waals surface area contributed by atoms with Crippen molar-refractivity contribution >= 4 is 11.3 Å². The van der Waals surface area contributed by atoms with Gasteiger partial charge in [-0.15, -0.1) is 0 Å². The molecule has 1 saturated heterocycles. The average Bonchev–Trinajstić information content (AvgIpc) is 3.43. The molecular weight excluding hydrogens is 370 g/mol. The standard InChI is InChI=1S/C21H25N5OS/c1-15-23-5-6-26(15)19-8-17-12-25(11-16-2-7-28-14-16)13-18(17)9-20(19)27-21-10-22-3-4-24-21/h2-7,10,14,17-20H,8-9,11-13H2,1H3/t17-,18+,19-,20-/m0/s1. The highest BCUT2D eigenvalue weighted by atomic mass is 32.1. The minimum absolute atomic E-state index is 0.0898. The zero-order valence-electron chi connectivity index (χ0n) is 16.0. The lowest BCUT2D eigenvalue weighted by atomic mass is 9.77. The Morgan fingerprint density at radius 1 is 1.14 bits per heavy atom. The molecule has 7 heteroatoms. The van der Waals surface area contributed by atoms with Gasteiger partial charge in [0.25, 0.3) is 0 Å². The van der Waals surface area contributed by atoms with Crippen LogP contribution in [0.5, 0.6) is 5.88 Å². The summed E-state index contributed by atoms with van der Waals surface area (Å²) in [5.41, 5.74) is 1.43. The van der Waals surface area contributed by atoms with Crippen molar-refractivity contribution in [2.75, 3.05) is 13.1 Å². The van der Waals surface area contributed by atoms with E-state index in [0.29, 0.717) is 17.7 Å². The Balaban J connectivity index is 1.36. The van der Waals surface area contributed by atoms with Crippen molar-refractivity contribution in [2.24, 2.45) is 11.8 Å². The molecule has 2 aliphatic rings. The van der Waals surface area contributed by atoms with E-state index in [1.165, 1.54) is 12.1 Å². The summed E-state index contributed by atoms with van der Waals surface area (Å²) in [6.07, 6.45) is 11.3. The predicted octanol–water partition coefficient (Wildman–Crippen LogP) is 3.57. The molecule has 0 bridgehead atoms. The number of fused-ring (bicyclic) bond motifs is 1. The maximum absolute atomic E-state index is 6.36. The third-order valence-corrected chi connectivity index (χ3v) is 6.91. The summed E-state index contributed by atoms with van der Waals surface area (Å²) < 4.78 is 8.65. The van der Waals surface area contributed by atoms with E-state index in [9.17, 15) is 0 Å². The molecule has 146 valence electrons. The molecule has 4 atom stereocenters. The Kier molecular flexibility index (Phi) is 4.86. The lowest BCUT2D eigenvalue weighted by molar-refractivity contribution is 0.0501. The lowest BCUT2D eigenvalue weighted by Gasteiger charge is -2.38. The van der Waals surface area contributed by atoms with Crippen LogP contribution in [-0.4, -0.2) is 43.6 Å². The van der Waals surface area contributed by atoms with Crippen LogP contribution < -0.4 is 4.74 Å². The van der Waals surface area contributed by atoms with Gasteiger partial charge in [-0.2, -0.15) is 11.3 Å². The van der Waals surface area contributed by atoms with Crippen LogP contribution in [0.2, 0.25) is 0 Å². The first-order valence-corrected chi connectivity index (χ1v) is 10.9. The predicted molar refractivity (Wildman–Crippen MR) is 108 cm³/mol. The number of hydrogen-bond acceptors (Lipinski definition) is 6. The van der Waals surface area contributed by atoms with Gasteiger partial charge in [0.05, 0.1) is 12.2 Å². The number of thiophene rings is 1. The second-order valence-electron chi connectivity index (χ2n) is 7.97. The number of nitrogens with zero attached hydrogens (tertiary/aromatic N) is 5. The second-order valence-corrected chi connectivity index (χ2v) is 8.75. The quantitative estimate of drug-likeness (QED) is 0.661. The minimum Gasteiger partial charge on any atom is -0.471 e. The summed E-state index contributed by atoms with van der Waals surface area (Å²) in [6.45, 7) is 5.45. The highest BCUT2D eigenvalue weighted by Gasteiger charge is 2.44. The monoisotopic (exact) mass is 395 g/mol. The van der Waals surface area contributed by atoms with Gasteiger partial charge in [0.2, 0.25) is 5.88 Å². The molecule has 3 aromatic heterocycles. The highest BCUT2D eigenvalue weighted by molar-refractivity contribution is 7.07. The van der Waals surface area contributed by atoms with E-state index in [1.54, 1.807) is 29.9 Å². The van der Waals surface area contributed by atoms with Crippen molar-refractivity contribution in [3.8, 4) is 5.88 Å². The summed E-state index contributed by atoms with van der Waals surface area (Å²) in [6, 6.07) is 2.52. The Hall–Kier alpha value is -2.25. The number of hydrogen-bond donors (Lipinski definition) is 0. The molecule has 1 aliphatic heterocycles. The molecule has 0 amide bonds. The number of rotatable bonds is 5. The Bertz CT molecular complexity index is 897. The first-order chi connectivity index (χ1) is 13.8. The van der Waals surface area contributed by atoms with Crippen LogP contribution in [0.4, 0.5) is 0 Å². The van der Waals surface area contributed by atoms with Crippen molar-refractivity contribution in [1.29, 1.82) is 0 Å². The topological polar surface area (TPSA) is 56.1 Å². The molecule has 0 aromatic carbocycles. The normalized spacial score (nSPS) is 27.6. The van der Waals surface area contributed by atoms with Gasteiger partial charge in [-0.3, -0.25) is 9.88 Å². The van der Waals surface area contributed by atoms with Crippen LogP contribution in [0.15, 0.2) is 47.8 Å². The van der Waals surface area contributed by atoms with E-state index in [2.05, 4.69) is 54.4 Å². The summed E-state index contributed by atoms with van der Waals surface area (Å²) in [5.74, 6) is 3.03. The third kappa shape index (κ3) is 3.56. The van der Waals surface area contributed by atoms with Crippen LogP contribution in [0.3, 0.4) is 0 Å². The van der Waals surface area contributed by atoms with Gasteiger partial charge in [-0.05, 0) is 54.0 Å². The summed E-state index contributed by atoms with van der Waals surface area (Å²) in [4.78, 5) is 15.6. The SMILES string of the molecule is Cc1nccn1[C@H]1C[C@H]2CN(Cc3ccsc3)C[C@H]2C[C@@H]1Oc1cnccn1. The van der Waals surface area contributed by atoms with Crippen molar-refractivity contribution in [1.82, 2.24) is 24.4 Å². The maximum Gasteiger partial charge on any atom is 0.232 e. The van der Waals surface area contributed by atoms with Gasteiger partial charge in [0, 0.05) is 44.4 Å². The molecule has 0 N–H and O–H groups in total. The van der Waals surface area contributed by atoms with Crippen LogP contribution in [0.25, 0.3) is 0 Å². The van der Waals surface area contributed by atoms with Gasteiger partial charge in [-0.1, -0.05) is 0 Å². The average molecular weight is 396 g/mol. The van der Waals surface area contributed by atoms with Gasteiger partial charge in [-0.25, -0.2) is 9.97 Å². The number of aromatic nitrogens is 4.